The number of nitrogens with zero attached hydrogens (tertiary/aromatic N) is 1. The third kappa shape index (κ3) is 7.25. The van der Waals surface area contributed by atoms with E-state index < -0.39 is 16.1 Å². The van der Waals surface area contributed by atoms with E-state index in [1.54, 1.807) is 18.2 Å². The molecule has 1 N–H and O–H groups in total. The van der Waals surface area contributed by atoms with Gasteiger partial charge in [0.2, 0.25) is 5.91 Å². The van der Waals surface area contributed by atoms with Gasteiger partial charge in [0.1, 0.15) is 6.04 Å². The maximum absolute atomic E-state index is 14.2. The van der Waals surface area contributed by atoms with Gasteiger partial charge in [0.05, 0.1) is 24.8 Å². The lowest BCUT2D eigenvalue weighted by atomic mass is 9.98. The van der Waals surface area contributed by atoms with Gasteiger partial charge >= 0.3 is 0 Å². The van der Waals surface area contributed by atoms with E-state index in [1.165, 1.54) is 41.8 Å². The molecule has 0 fully saturated rings. The van der Waals surface area contributed by atoms with Gasteiger partial charge in [-0.2, -0.15) is 0 Å². The number of aryl methyl sites for hydroxylation is 2. The number of fused-ring (bicyclic) bond motifs is 1. The average molecular weight is 613 g/mol. The summed E-state index contributed by atoms with van der Waals surface area (Å²) in [5.41, 5.74) is 3.87. The number of benzene rings is 4. The maximum atomic E-state index is 14.2. The molecule has 44 heavy (non-hydrogen) atoms. The zero-order chi connectivity index (χ0) is 30.9. The molecule has 5 rings (SSSR count). The number of anilines is 1. The topological polar surface area (TPSA) is 84.9 Å². The monoisotopic (exact) mass is 612 g/mol. The molecule has 0 radical (unpaired) electrons. The van der Waals surface area contributed by atoms with E-state index in [-0.39, 0.29) is 16.8 Å². The van der Waals surface area contributed by atoms with Crippen molar-refractivity contribution < 1.29 is 22.7 Å². The molecule has 4 aromatic rings. The smallest absolute Gasteiger partial charge is 0.265 e. The standard InChI is InChI=1S/C36H40N2O5S/c1-42-34-24-23-31(26-35(34)43-2)44(40,41)38-32-22-10-9-19-29(32)25-33(38)36(39)37-30(20-11-17-27-13-5-3-6-14-27)21-12-18-28-15-7-4-8-16-28/h3-10,13-16,19,22-24,26,30,33H,11-12,17-18,20-21,25H2,1-2H3,(H,37,39). The molecular formula is C36H40N2O5S. The van der Waals surface area contributed by atoms with Crippen molar-refractivity contribution in [1.29, 1.82) is 0 Å². The summed E-state index contributed by atoms with van der Waals surface area (Å²) in [5, 5.41) is 3.27. The molecular weight excluding hydrogens is 572 g/mol. The van der Waals surface area contributed by atoms with Crippen molar-refractivity contribution in [2.45, 2.75) is 61.9 Å². The Morgan fingerprint density at radius 2 is 1.36 bits per heavy atom. The van der Waals surface area contributed by atoms with Crippen LogP contribution in [0.2, 0.25) is 0 Å². The van der Waals surface area contributed by atoms with Crippen molar-refractivity contribution in [3.8, 4) is 11.5 Å². The number of amides is 1. The first-order valence-corrected chi connectivity index (χ1v) is 16.6. The van der Waals surface area contributed by atoms with E-state index in [2.05, 4.69) is 29.6 Å². The lowest BCUT2D eigenvalue weighted by Crippen LogP contribution is -2.50. The highest BCUT2D eigenvalue weighted by molar-refractivity contribution is 7.93. The number of hydrogen-bond acceptors (Lipinski definition) is 5. The minimum atomic E-state index is -4.11. The van der Waals surface area contributed by atoms with Crippen LogP contribution in [0.3, 0.4) is 0 Å². The molecule has 0 spiro atoms. The first kappa shape index (κ1) is 31.1. The second kappa shape index (κ2) is 14.4. The van der Waals surface area contributed by atoms with E-state index in [9.17, 15) is 13.2 Å². The predicted molar refractivity (Wildman–Crippen MR) is 174 cm³/mol. The Labute approximate surface area is 260 Å². The minimum absolute atomic E-state index is 0.0342. The Hall–Kier alpha value is -4.30. The van der Waals surface area contributed by atoms with Crippen LogP contribution in [-0.4, -0.2) is 40.6 Å². The van der Waals surface area contributed by atoms with Crippen LogP contribution in [0.25, 0.3) is 0 Å². The lowest BCUT2D eigenvalue weighted by molar-refractivity contribution is -0.122. The maximum Gasteiger partial charge on any atom is 0.265 e. The highest BCUT2D eigenvalue weighted by atomic mass is 32.2. The van der Waals surface area contributed by atoms with Gasteiger partial charge in [0.15, 0.2) is 11.5 Å². The van der Waals surface area contributed by atoms with Gasteiger partial charge in [-0.15, -0.1) is 0 Å². The van der Waals surface area contributed by atoms with Crippen molar-refractivity contribution in [3.63, 3.8) is 0 Å². The third-order valence-corrected chi connectivity index (χ3v) is 10.0. The van der Waals surface area contributed by atoms with Crippen LogP contribution in [0.15, 0.2) is 108 Å². The lowest BCUT2D eigenvalue weighted by Gasteiger charge is -2.28. The summed E-state index contributed by atoms with van der Waals surface area (Å²) in [5.74, 6) is 0.449. The molecule has 1 aliphatic heterocycles. The van der Waals surface area contributed by atoms with E-state index in [4.69, 9.17) is 9.47 Å². The second-order valence-corrected chi connectivity index (χ2v) is 12.9. The summed E-state index contributed by atoms with van der Waals surface area (Å²) in [7, 11) is -1.15. The summed E-state index contributed by atoms with van der Waals surface area (Å²) >= 11 is 0. The Balaban J connectivity index is 1.36. The van der Waals surface area contributed by atoms with Crippen molar-refractivity contribution in [2.75, 3.05) is 18.5 Å². The number of sulfonamides is 1. The van der Waals surface area contributed by atoms with Gasteiger partial charge in [-0.1, -0.05) is 78.9 Å². The number of carbonyl (C=O) groups is 1. The van der Waals surface area contributed by atoms with Crippen LogP contribution >= 0.6 is 0 Å². The second-order valence-electron chi connectivity index (χ2n) is 11.1. The first-order chi connectivity index (χ1) is 21.4. The fraction of sp³-hybridized carbons (Fsp3) is 0.306. The van der Waals surface area contributed by atoms with Crippen molar-refractivity contribution in [1.82, 2.24) is 5.32 Å². The Morgan fingerprint density at radius 1 is 0.795 bits per heavy atom. The molecule has 1 atom stereocenters. The van der Waals surface area contributed by atoms with Gasteiger partial charge in [-0.05, 0) is 73.4 Å². The largest absolute Gasteiger partial charge is 0.493 e. The SMILES string of the molecule is COc1ccc(S(=O)(=O)N2c3ccccc3CC2C(=O)NC(CCCc2ccccc2)CCCc2ccccc2)cc1OC. The summed E-state index contributed by atoms with van der Waals surface area (Å²) in [4.78, 5) is 14.1. The number of para-hydroxylation sites is 1. The summed E-state index contributed by atoms with van der Waals surface area (Å²) < 4.78 is 40.3. The number of methoxy groups -OCH3 is 2. The van der Waals surface area contributed by atoms with Crippen LogP contribution in [0.5, 0.6) is 11.5 Å². The molecule has 7 nitrogen and oxygen atoms in total. The number of rotatable bonds is 14. The highest BCUT2D eigenvalue weighted by Gasteiger charge is 2.42. The summed E-state index contributed by atoms with van der Waals surface area (Å²) in [6, 6.07) is 31.5. The van der Waals surface area contributed by atoms with Gasteiger partial charge in [-0.25, -0.2) is 8.42 Å². The molecule has 0 saturated heterocycles. The van der Waals surface area contributed by atoms with Crippen LogP contribution in [0, 0.1) is 0 Å². The molecule has 4 aromatic carbocycles. The minimum Gasteiger partial charge on any atom is -0.493 e. The summed E-state index contributed by atoms with van der Waals surface area (Å²) in [6.45, 7) is 0. The number of ether oxygens (including phenoxy) is 2. The fourth-order valence-electron chi connectivity index (χ4n) is 5.92. The van der Waals surface area contributed by atoms with Crippen LogP contribution in [-0.2, 0) is 34.1 Å². The van der Waals surface area contributed by atoms with E-state index >= 15 is 0 Å². The predicted octanol–water partition coefficient (Wildman–Crippen LogP) is 6.35. The zero-order valence-corrected chi connectivity index (χ0v) is 26.1. The van der Waals surface area contributed by atoms with Gasteiger partial charge < -0.3 is 14.8 Å². The number of nitrogens with one attached hydrogen (secondary N) is 1. The van der Waals surface area contributed by atoms with Gasteiger partial charge in [-0.3, -0.25) is 9.10 Å². The zero-order valence-electron chi connectivity index (χ0n) is 25.3. The van der Waals surface area contributed by atoms with Crippen molar-refractivity contribution in [3.05, 3.63) is 120 Å². The molecule has 0 saturated carbocycles. The molecule has 1 unspecified atom stereocenters. The number of carbonyl (C=O) groups excluding carboxylic acids is 1. The quantitative estimate of drug-likeness (QED) is 0.179. The highest BCUT2D eigenvalue weighted by Crippen LogP contribution is 2.39. The van der Waals surface area contributed by atoms with E-state index in [0.29, 0.717) is 23.6 Å². The number of hydrogen-bond donors (Lipinski definition) is 1. The molecule has 230 valence electrons. The normalized spacial score (nSPS) is 14.3. The molecule has 1 amide bonds. The van der Waals surface area contributed by atoms with Gasteiger partial charge in [0.25, 0.3) is 10.0 Å². The third-order valence-electron chi connectivity index (χ3n) is 8.21. The molecule has 1 heterocycles. The molecule has 0 bridgehead atoms. The Kier molecular flexibility index (Phi) is 10.2. The van der Waals surface area contributed by atoms with Crippen LogP contribution in [0.4, 0.5) is 5.69 Å². The van der Waals surface area contributed by atoms with E-state index in [1.807, 2.05) is 48.5 Å². The molecule has 0 aromatic heterocycles. The molecule has 0 aliphatic carbocycles. The Bertz CT molecular complexity index is 1600. The van der Waals surface area contributed by atoms with Crippen molar-refractivity contribution >= 4 is 21.6 Å². The molecule has 1 aliphatic rings. The summed E-state index contributed by atoms with van der Waals surface area (Å²) in [6.07, 6.45) is 5.57. The fourth-order valence-corrected chi connectivity index (χ4v) is 7.59. The first-order valence-electron chi connectivity index (χ1n) is 15.1. The van der Waals surface area contributed by atoms with Crippen molar-refractivity contribution in [2.24, 2.45) is 0 Å². The van der Waals surface area contributed by atoms with Crippen LogP contribution in [0.1, 0.15) is 42.4 Å². The Morgan fingerprint density at radius 3 is 1.95 bits per heavy atom. The van der Waals surface area contributed by atoms with Gasteiger partial charge in [0, 0.05) is 18.5 Å². The average Bonchev–Trinajstić information content (AvgIpc) is 3.46. The van der Waals surface area contributed by atoms with E-state index in [0.717, 1.165) is 44.1 Å². The molecule has 8 heteroatoms. The van der Waals surface area contributed by atoms with Crippen LogP contribution < -0.4 is 19.1 Å².